The van der Waals surface area contributed by atoms with Crippen LogP contribution in [0.1, 0.15) is 13.8 Å². The predicted octanol–water partition coefficient (Wildman–Crippen LogP) is 1.17. The normalized spacial score (nSPS) is 16.9. The van der Waals surface area contributed by atoms with Crippen LogP contribution in [-0.2, 0) is 14.8 Å². The van der Waals surface area contributed by atoms with E-state index in [1.165, 1.54) is 30.5 Å². The van der Waals surface area contributed by atoms with Crippen LogP contribution in [0, 0.1) is 0 Å². The number of methoxy groups -OCH3 is 1. The summed E-state index contributed by atoms with van der Waals surface area (Å²) in [6, 6.07) is 4.91. The Hall–Kier alpha value is -3.13. The molecule has 0 fully saturated rings. The number of nitrogens with one attached hydrogen (secondary N) is 2. The predicted molar refractivity (Wildman–Crippen MR) is 107 cm³/mol. The summed E-state index contributed by atoms with van der Waals surface area (Å²) in [5.41, 5.74) is 3.04. The van der Waals surface area contributed by atoms with Crippen molar-refractivity contribution >= 4 is 34.0 Å². The summed E-state index contributed by atoms with van der Waals surface area (Å²) < 4.78 is 63.9. The second-order valence-electron chi connectivity index (χ2n) is 5.93. The maximum Gasteiger partial charge on any atom is 0.387 e. The van der Waals surface area contributed by atoms with E-state index < -0.39 is 33.6 Å². The summed E-state index contributed by atoms with van der Waals surface area (Å²) in [5, 5.41) is 6.60. The van der Waals surface area contributed by atoms with E-state index in [0.29, 0.717) is 5.71 Å². The molecule has 2 N–H and O–H groups in total. The van der Waals surface area contributed by atoms with Crippen LogP contribution in [0.5, 0.6) is 5.75 Å². The van der Waals surface area contributed by atoms with Gasteiger partial charge in [-0.3, -0.25) is 5.32 Å². The molecule has 1 unspecified atom stereocenters. The van der Waals surface area contributed by atoms with Crippen molar-refractivity contribution in [3.05, 3.63) is 24.3 Å². The van der Waals surface area contributed by atoms with Crippen LogP contribution in [0.4, 0.5) is 8.78 Å². The minimum Gasteiger partial charge on any atom is -0.433 e. The van der Waals surface area contributed by atoms with Gasteiger partial charge in [0.1, 0.15) is 17.0 Å². The van der Waals surface area contributed by atoms with Crippen LogP contribution < -0.4 is 15.5 Å². The first-order valence-electron chi connectivity index (χ1n) is 8.42. The number of alkyl halides is 2. The first-order valence-corrected chi connectivity index (χ1v) is 9.86. The van der Waals surface area contributed by atoms with Crippen LogP contribution in [-0.4, -0.2) is 64.4 Å². The number of nitrogens with zero attached hydrogens (tertiary/aromatic N) is 5. The standard InChI is InChI=1S/C16H21F2N7O4S/c1-10(2)22-23-14(21-15-19-9-20-16(28-4)25(15)3)24-30(26,27)12-8-6-5-7-11(12)29-13(17)18/h5-9,13,16H,1-4H3,(H2,19,20,21,23,24). The third kappa shape index (κ3) is 6.18. The van der Waals surface area contributed by atoms with E-state index in [0.717, 1.165) is 12.1 Å². The Bertz CT molecular complexity index is 976. The van der Waals surface area contributed by atoms with Crippen molar-refractivity contribution in [3.63, 3.8) is 0 Å². The van der Waals surface area contributed by atoms with Gasteiger partial charge in [-0.1, -0.05) is 12.1 Å². The highest BCUT2D eigenvalue weighted by atomic mass is 32.2. The Morgan fingerprint density at radius 3 is 2.63 bits per heavy atom. The van der Waals surface area contributed by atoms with Crippen molar-refractivity contribution in [1.29, 1.82) is 0 Å². The van der Waals surface area contributed by atoms with Crippen molar-refractivity contribution in [2.24, 2.45) is 19.5 Å². The summed E-state index contributed by atoms with van der Waals surface area (Å²) >= 11 is 0. The number of sulfonamides is 1. The largest absolute Gasteiger partial charge is 0.433 e. The smallest absolute Gasteiger partial charge is 0.387 e. The van der Waals surface area contributed by atoms with Gasteiger partial charge in [0.25, 0.3) is 10.0 Å². The number of halogens is 2. The third-order valence-electron chi connectivity index (χ3n) is 3.42. The molecule has 1 atom stereocenters. The number of ether oxygens (including phenoxy) is 2. The second kappa shape index (κ2) is 10.1. The molecule has 0 spiro atoms. The van der Waals surface area contributed by atoms with Crippen LogP contribution >= 0.6 is 0 Å². The number of hydrogen-bond acceptors (Lipinski definition) is 8. The maximum atomic E-state index is 12.8. The van der Waals surface area contributed by atoms with Gasteiger partial charge in [-0.2, -0.15) is 22.3 Å². The molecule has 2 rings (SSSR count). The Balaban J connectivity index is 2.43. The molecule has 0 saturated carbocycles. The Labute approximate surface area is 172 Å². The molecule has 1 heterocycles. The molecule has 1 aliphatic heterocycles. The van der Waals surface area contributed by atoms with Crippen LogP contribution in [0.25, 0.3) is 0 Å². The lowest BCUT2D eigenvalue weighted by Crippen LogP contribution is -2.51. The third-order valence-corrected chi connectivity index (χ3v) is 4.74. The lowest BCUT2D eigenvalue weighted by Gasteiger charge is -2.28. The molecule has 14 heteroatoms. The Morgan fingerprint density at radius 2 is 2.00 bits per heavy atom. The number of guanidine groups is 2. The first-order chi connectivity index (χ1) is 14.1. The molecule has 164 valence electrons. The fourth-order valence-electron chi connectivity index (χ4n) is 2.15. The summed E-state index contributed by atoms with van der Waals surface area (Å²) in [5.74, 6) is -0.720. The number of hydrogen-bond donors (Lipinski definition) is 2. The maximum absolute atomic E-state index is 12.8. The van der Waals surface area contributed by atoms with Crippen LogP contribution in [0.2, 0.25) is 0 Å². The van der Waals surface area contributed by atoms with E-state index in [4.69, 9.17) is 4.74 Å². The van der Waals surface area contributed by atoms with Gasteiger partial charge in [-0.15, -0.1) is 4.40 Å². The minimum absolute atomic E-state index is 0.152. The van der Waals surface area contributed by atoms with Gasteiger partial charge in [0, 0.05) is 19.9 Å². The van der Waals surface area contributed by atoms with Gasteiger partial charge in [-0.05, 0) is 26.0 Å². The van der Waals surface area contributed by atoms with Crippen molar-refractivity contribution in [2.45, 2.75) is 31.7 Å². The van der Waals surface area contributed by atoms with Crippen LogP contribution in [0.15, 0.2) is 48.6 Å². The number of benzene rings is 1. The fourth-order valence-corrected chi connectivity index (χ4v) is 3.19. The van der Waals surface area contributed by atoms with Gasteiger partial charge < -0.3 is 14.4 Å². The summed E-state index contributed by atoms with van der Waals surface area (Å²) in [6.07, 6.45) is 0.530. The topological polar surface area (TPSA) is 129 Å². The number of aliphatic imine (C=N–C) groups is 2. The van der Waals surface area contributed by atoms with Gasteiger partial charge in [0.05, 0.1) is 0 Å². The molecule has 1 aromatic carbocycles. The van der Waals surface area contributed by atoms with Gasteiger partial charge >= 0.3 is 6.61 Å². The molecule has 0 aliphatic carbocycles. The van der Waals surface area contributed by atoms with Crippen molar-refractivity contribution < 1.29 is 26.7 Å². The van der Waals surface area contributed by atoms with E-state index in [1.54, 1.807) is 20.9 Å². The Kier molecular flexibility index (Phi) is 7.77. The fraction of sp³-hybridized carbons (Fsp3) is 0.375. The molecule has 1 aliphatic rings. The zero-order valence-electron chi connectivity index (χ0n) is 16.6. The molecule has 11 nitrogen and oxygen atoms in total. The molecule has 0 saturated heterocycles. The lowest BCUT2D eigenvalue weighted by molar-refractivity contribution is -0.0517. The highest BCUT2D eigenvalue weighted by Crippen LogP contribution is 2.26. The van der Waals surface area contributed by atoms with E-state index in [2.05, 4.69) is 35.0 Å². The lowest BCUT2D eigenvalue weighted by atomic mass is 10.3. The van der Waals surface area contributed by atoms with Crippen molar-refractivity contribution in [3.8, 4) is 5.75 Å². The van der Waals surface area contributed by atoms with Gasteiger partial charge in [0.15, 0.2) is 0 Å². The van der Waals surface area contributed by atoms with E-state index in [9.17, 15) is 17.2 Å². The van der Waals surface area contributed by atoms with Gasteiger partial charge in [0.2, 0.25) is 18.3 Å². The summed E-state index contributed by atoms with van der Waals surface area (Å²) in [7, 11) is -1.44. The number of para-hydroxylation sites is 1. The molecule has 0 bridgehead atoms. The monoisotopic (exact) mass is 445 g/mol. The molecular formula is C16H21F2N7O4S. The number of hydrazone groups is 1. The van der Waals surface area contributed by atoms with E-state index >= 15 is 0 Å². The van der Waals surface area contributed by atoms with Crippen LogP contribution in [0.3, 0.4) is 0 Å². The second-order valence-corrected chi connectivity index (χ2v) is 7.50. The van der Waals surface area contributed by atoms with E-state index in [1.807, 2.05) is 0 Å². The minimum atomic E-state index is -4.47. The zero-order chi connectivity index (χ0) is 22.3. The van der Waals surface area contributed by atoms with Crippen molar-refractivity contribution in [2.75, 3.05) is 14.2 Å². The SMILES string of the molecule is COC1N=CN=C(NC(=NS(=O)(=O)c2ccccc2OC(F)F)NN=C(C)C)N1C. The summed E-state index contributed by atoms with van der Waals surface area (Å²) in [4.78, 5) is 8.92. The van der Waals surface area contributed by atoms with E-state index in [-0.39, 0.29) is 11.9 Å². The molecule has 1 aromatic rings. The quantitative estimate of drug-likeness (QED) is 0.382. The molecule has 0 aromatic heterocycles. The molecule has 0 radical (unpaired) electrons. The highest BCUT2D eigenvalue weighted by Gasteiger charge is 2.24. The molecular weight excluding hydrogens is 424 g/mol. The number of rotatable bonds is 6. The first kappa shape index (κ1) is 23.2. The zero-order valence-corrected chi connectivity index (χ0v) is 17.4. The Morgan fingerprint density at radius 1 is 1.30 bits per heavy atom. The average Bonchev–Trinajstić information content (AvgIpc) is 2.67. The average molecular weight is 445 g/mol. The van der Waals surface area contributed by atoms with Crippen molar-refractivity contribution in [1.82, 2.24) is 15.6 Å². The molecule has 30 heavy (non-hydrogen) atoms. The summed E-state index contributed by atoms with van der Waals surface area (Å²) in [6.45, 7) is 0.134. The molecule has 0 amide bonds. The highest BCUT2D eigenvalue weighted by molar-refractivity contribution is 7.90. The van der Waals surface area contributed by atoms with Gasteiger partial charge in [-0.25, -0.2) is 15.4 Å².